The number of nitrogens with one attached hydrogen (secondary N) is 1. The van der Waals surface area contributed by atoms with Crippen LogP contribution in [0.25, 0.3) is 0 Å². The fourth-order valence-electron chi connectivity index (χ4n) is 1.77. The van der Waals surface area contributed by atoms with Gasteiger partial charge in [-0.3, -0.25) is 0 Å². The molecule has 0 spiro atoms. The highest BCUT2D eigenvalue weighted by Gasteiger charge is 2.05. The first-order valence-corrected chi connectivity index (χ1v) is 7.37. The molecular formula is C15H14BrClFNO. The lowest BCUT2D eigenvalue weighted by molar-refractivity contribution is 0.341. The number of hydrogen-bond acceptors (Lipinski definition) is 2. The van der Waals surface area contributed by atoms with Gasteiger partial charge in [0.05, 0.1) is 16.8 Å². The van der Waals surface area contributed by atoms with Crippen molar-refractivity contribution in [3.8, 4) is 5.75 Å². The van der Waals surface area contributed by atoms with E-state index in [0.717, 1.165) is 17.0 Å². The van der Waals surface area contributed by atoms with Crippen molar-refractivity contribution in [3.05, 3.63) is 57.3 Å². The number of benzene rings is 2. The van der Waals surface area contributed by atoms with Crippen molar-refractivity contribution in [1.82, 2.24) is 0 Å². The Morgan fingerprint density at radius 3 is 2.75 bits per heavy atom. The van der Waals surface area contributed by atoms with Gasteiger partial charge in [0.15, 0.2) is 0 Å². The van der Waals surface area contributed by atoms with Crippen LogP contribution in [0.3, 0.4) is 0 Å². The third-order valence-electron chi connectivity index (χ3n) is 2.71. The average molecular weight is 359 g/mol. The van der Waals surface area contributed by atoms with Crippen molar-refractivity contribution in [2.75, 3.05) is 11.9 Å². The van der Waals surface area contributed by atoms with Crippen molar-refractivity contribution in [2.24, 2.45) is 0 Å². The van der Waals surface area contributed by atoms with Crippen LogP contribution in [0.4, 0.5) is 10.1 Å². The van der Waals surface area contributed by atoms with Gasteiger partial charge in [0, 0.05) is 11.6 Å². The molecule has 1 N–H and O–H groups in total. The molecule has 2 rings (SSSR count). The summed E-state index contributed by atoms with van der Waals surface area (Å²) in [7, 11) is 0. The van der Waals surface area contributed by atoms with Gasteiger partial charge in [-0.1, -0.05) is 17.7 Å². The molecular weight excluding hydrogens is 345 g/mol. The first-order chi connectivity index (χ1) is 9.60. The predicted molar refractivity (Wildman–Crippen MR) is 84.0 cm³/mol. The van der Waals surface area contributed by atoms with Crippen LogP contribution in [0.5, 0.6) is 5.75 Å². The SMILES string of the molecule is CCOc1ccc(Cl)cc1NCc1ccc(Br)c(F)c1. The van der Waals surface area contributed by atoms with Crippen LogP contribution in [-0.2, 0) is 6.54 Å². The van der Waals surface area contributed by atoms with Crippen molar-refractivity contribution < 1.29 is 9.13 Å². The Morgan fingerprint density at radius 2 is 2.05 bits per heavy atom. The van der Waals surface area contributed by atoms with E-state index in [2.05, 4.69) is 21.2 Å². The molecule has 2 aromatic carbocycles. The molecule has 0 radical (unpaired) electrons. The van der Waals surface area contributed by atoms with Gasteiger partial charge in [-0.25, -0.2) is 4.39 Å². The second-order valence-electron chi connectivity index (χ2n) is 4.18. The van der Waals surface area contributed by atoms with Crippen molar-refractivity contribution >= 4 is 33.2 Å². The van der Waals surface area contributed by atoms with E-state index in [-0.39, 0.29) is 5.82 Å². The molecule has 2 aromatic rings. The van der Waals surface area contributed by atoms with Gasteiger partial charge in [-0.05, 0) is 58.7 Å². The second kappa shape index (κ2) is 6.95. The zero-order chi connectivity index (χ0) is 14.5. The molecule has 0 bridgehead atoms. The van der Waals surface area contributed by atoms with Gasteiger partial charge in [0.1, 0.15) is 11.6 Å². The first kappa shape index (κ1) is 15.1. The molecule has 20 heavy (non-hydrogen) atoms. The molecule has 0 saturated heterocycles. The fourth-order valence-corrected chi connectivity index (χ4v) is 2.19. The molecule has 0 amide bonds. The van der Waals surface area contributed by atoms with Crippen LogP contribution >= 0.6 is 27.5 Å². The highest BCUT2D eigenvalue weighted by Crippen LogP contribution is 2.28. The van der Waals surface area contributed by atoms with Crippen molar-refractivity contribution in [3.63, 3.8) is 0 Å². The summed E-state index contributed by atoms with van der Waals surface area (Å²) in [6, 6.07) is 10.4. The lowest BCUT2D eigenvalue weighted by Crippen LogP contribution is -2.03. The molecule has 0 unspecified atom stereocenters. The standard InChI is InChI=1S/C15H14BrClFNO/c1-2-20-15-6-4-11(17)8-14(15)19-9-10-3-5-12(16)13(18)7-10/h3-8,19H,2,9H2,1H3. The number of anilines is 1. The average Bonchev–Trinajstić information content (AvgIpc) is 2.43. The number of ether oxygens (including phenoxy) is 1. The summed E-state index contributed by atoms with van der Waals surface area (Å²) in [6.45, 7) is 2.98. The lowest BCUT2D eigenvalue weighted by Gasteiger charge is -2.13. The van der Waals surface area contributed by atoms with Gasteiger partial charge in [0.25, 0.3) is 0 Å². The van der Waals surface area contributed by atoms with Crippen molar-refractivity contribution in [2.45, 2.75) is 13.5 Å². The molecule has 0 aromatic heterocycles. The molecule has 0 aliphatic heterocycles. The molecule has 2 nitrogen and oxygen atoms in total. The Bertz CT molecular complexity index is 606. The minimum Gasteiger partial charge on any atom is -0.492 e. The zero-order valence-corrected chi connectivity index (χ0v) is 13.3. The molecule has 0 atom stereocenters. The Kier molecular flexibility index (Phi) is 5.26. The molecule has 0 fully saturated rings. The van der Waals surface area contributed by atoms with E-state index < -0.39 is 0 Å². The van der Waals surface area contributed by atoms with E-state index in [1.54, 1.807) is 18.2 Å². The van der Waals surface area contributed by atoms with E-state index in [1.165, 1.54) is 6.07 Å². The summed E-state index contributed by atoms with van der Waals surface area (Å²) in [5, 5.41) is 3.83. The van der Waals surface area contributed by atoms with Crippen molar-refractivity contribution in [1.29, 1.82) is 0 Å². The summed E-state index contributed by atoms with van der Waals surface area (Å²) in [6.07, 6.45) is 0. The van der Waals surface area contributed by atoms with E-state index in [0.29, 0.717) is 22.6 Å². The second-order valence-corrected chi connectivity index (χ2v) is 5.47. The minimum atomic E-state index is -0.277. The quantitative estimate of drug-likeness (QED) is 0.788. The smallest absolute Gasteiger partial charge is 0.142 e. The molecule has 0 heterocycles. The third-order valence-corrected chi connectivity index (χ3v) is 3.59. The van der Waals surface area contributed by atoms with Gasteiger partial charge in [-0.2, -0.15) is 0 Å². The van der Waals surface area contributed by atoms with Crippen LogP contribution in [0.1, 0.15) is 12.5 Å². The molecule has 0 aliphatic rings. The Hall–Kier alpha value is -1.26. The van der Waals surface area contributed by atoms with Crippen LogP contribution in [0.2, 0.25) is 5.02 Å². The number of rotatable bonds is 5. The molecule has 5 heteroatoms. The Labute approximate surface area is 131 Å². The summed E-state index contributed by atoms with van der Waals surface area (Å²) in [4.78, 5) is 0. The van der Waals surface area contributed by atoms with E-state index >= 15 is 0 Å². The maximum Gasteiger partial charge on any atom is 0.142 e. The summed E-state index contributed by atoms with van der Waals surface area (Å²) >= 11 is 9.12. The van der Waals surface area contributed by atoms with Gasteiger partial charge in [0.2, 0.25) is 0 Å². The minimum absolute atomic E-state index is 0.277. The highest BCUT2D eigenvalue weighted by molar-refractivity contribution is 9.10. The van der Waals surface area contributed by atoms with Crippen LogP contribution < -0.4 is 10.1 Å². The first-order valence-electron chi connectivity index (χ1n) is 6.20. The Balaban J connectivity index is 2.13. The number of hydrogen-bond donors (Lipinski definition) is 1. The van der Waals surface area contributed by atoms with Crippen LogP contribution in [0, 0.1) is 5.82 Å². The molecule has 106 valence electrons. The maximum absolute atomic E-state index is 13.4. The van der Waals surface area contributed by atoms with Gasteiger partial charge < -0.3 is 10.1 Å². The van der Waals surface area contributed by atoms with Gasteiger partial charge in [-0.15, -0.1) is 0 Å². The van der Waals surface area contributed by atoms with Gasteiger partial charge >= 0.3 is 0 Å². The largest absolute Gasteiger partial charge is 0.492 e. The van der Waals surface area contributed by atoms with Crippen LogP contribution in [-0.4, -0.2) is 6.61 Å². The summed E-state index contributed by atoms with van der Waals surface area (Å²) in [5.74, 6) is 0.454. The summed E-state index contributed by atoms with van der Waals surface area (Å²) in [5.41, 5.74) is 1.64. The number of halogens is 3. The lowest BCUT2D eigenvalue weighted by atomic mass is 10.2. The van der Waals surface area contributed by atoms with E-state index in [9.17, 15) is 4.39 Å². The molecule has 0 aliphatic carbocycles. The van der Waals surface area contributed by atoms with E-state index in [4.69, 9.17) is 16.3 Å². The maximum atomic E-state index is 13.4. The highest BCUT2D eigenvalue weighted by atomic mass is 79.9. The third kappa shape index (κ3) is 3.87. The monoisotopic (exact) mass is 357 g/mol. The van der Waals surface area contributed by atoms with E-state index in [1.807, 2.05) is 19.1 Å². The van der Waals surface area contributed by atoms with Crippen LogP contribution in [0.15, 0.2) is 40.9 Å². The predicted octanol–water partition coefficient (Wildman–Crippen LogP) is 5.25. The normalized spacial score (nSPS) is 10.4. The fraction of sp³-hybridized carbons (Fsp3) is 0.200. The zero-order valence-electron chi connectivity index (χ0n) is 10.9. The topological polar surface area (TPSA) is 21.3 Å². The molecule has 0 saturated carbocycles. The Morgan fingerprint density at radius 1 is 1.25 bits per heavy atom. The summed E-state index contributed by atoms with van der Waals surface area (Å²) < 4.78 is 19.4.